The molecular weight excluding hydrogens is 568 g/mol. The van der Waals surface area contributed by atoms with Gasteiger partial charge in [-0.3, -0.25) is 10.1 Å². The van der Waals surface area contributed by atoms with Crippen LogP contribution >= 0.6 is 0 Å². The van der Waals surface area contributed by atoms with E-state index < -0.39 is 0 Å². The van der Waals surface area contributed by atoms with Gasteiger partial charge in [-0.2, -0.15) is 5.10 Å². The van der Waals surface area contributed by atoms with Crippen LogP contribution in [0, 0.1) is 13.8 Å². The van der Waals surface area contributed by atoms with E-state index in [0.29, 0.717) is 23.7 Å². The largest absolute Gasteiger partial charge is 0.489 e. The van der Waals surface area contributed by atoms with Crippen molar-refractivity contribution < 1.29 is 19.1 Å². The molecule has 0 radical (unpaired) electrons. The van der Waals surface area contributed by atoms with Crippen LogP contribution in [0.5, 0.6) is 5.75 Å². The molecule has 0 aliphatic carbocycles. The maximum atomic E-state index is 13.2. The van der Waals surface area contributed by atoms with Gasteiger partial charge in [0.15, 0.2) is 0 Å². The van der Waals surface area contributed by atoms with Gasteiger partial charge in [-0.15, -0.1) is 0 Å². The smallest absolute Gasteiger partial charge is 0.324 e. The molecule has 10 nitrogen and oxygen atoms in total. The van der Waals surface area contributed by atoms with E-state index in [2.05, 4.69) is 33.0 Å². The zero-order valence-corrected chi connectivity index (χ0v) is 26.0. The van der Waals surface area contributed by atoms with E-state index in [-0.39, 0.29) is 24.6 Å². The molecule has 2 heterocycles. The second-order valence-electron chi connectivity index (χ2n) is 10.9. The molecule has 3 N–H and O–H groups in total. The van der Waals surface area contributed by atoms with Crippen molar-refractivity contribution in [3.63, 3.8) is 0 Å². The maximum absolute atomic E-state index is 13.2. The van der Waals surface area contributed by atoms with Crippen molar-refractivity contribution in [2.24, 2.45) is 0 Å². The van der Waals surface area contributed by atoms with Crippen LogP contribution in [-0.4, -0.2) is 46.5 Å². The zero-order chi connectivity index (χ0) is 31.8. The highest BCUT2D eigenvalue weighted by Crippen LogP contribution is 2.33. The molecule has 5 aromatic rings. The summed E-state index contributed by atoms with van der Waals surface area (Å²) in [5, 5.41) is 15.0. The molecule has 45 heavy (non-hydrogen) atoms. The summed E-state index contributed by atoms with van der Waals surface area (Å²) in [7, 11) is 1.47. The fraction of sp³-hybridized carbons (Fsp3) is 0.257. The topological polar surface area (TPSA) is 119 Å². The molecule has 0 spiro atoms. The average Bonchev–Trinajstić information content (AvgIpc) is 3.38. The van der Waals surface area contributed by atoms with E-state index in [4.69, 9.17) is 9.47 Å². The molecule has 0 aliphatic heterocycles. The summed E-state index contributed by atoms with van der Waals surface area (Å²) in [5.41, 5.74) is 4.45. The number of benzene rings is 3. The van der Waals surface area contributed by atoms with Crippen LogP contribution in [0.2, 0.25) is 0 Å². The Kier molecular flexibility index (Phi) is 10.1. The lowest BCUT2D eigenvalue weighted by molar-refractivity contribution is -0.119. The number of hydrogen-bond donors (Lipinski definition) is 3. The third-order valence-electron chi connectivity index (χ3n) is 7.22. The number of rotatable bonds is 12. The molecule has 0 saturated heterocycles. The van der Waals surface area contributed by atoms with E-state index in [1.54, 1.807) is 10.9 Å². The van der Waals surface area contributed by atoms with Crippen molar-refractivity contribution in [2.75, 3.05) is 29.7 Å². The Morgan fingerprint density at radius 2 is 1.69 bits per heavy atom. The predicted octanol–water partition coefficient (Wildman–Crippen LogP) is 7.06. The number of methoxy groups -OCH3 is 1. The normalized spacial score (nSPS) is 11.6. The number of amides is 3. The number of nitrogens with one attached hydrogen (secondary N) is 3. The van der Waals surface area contributed by atoms with Gasteiger partial charge < -0.3 is 20.1 Å². The molecule has 3 aromatic carbocycles. The summed E-state index contributed by atoms with van der Waals surface area (Å²) < 4.78 is 13.2. The van der Waals surface area contributed by atoms with Gasteiger partial charge in [-0.05, 0) is 62.2 Å². The van der Waals surface area contributed by atoms with Gasteiger partial charge >= 0.3 is 6.03 Å². The van der Waals surface area contributed by atoms with Crippen molar-refractivity contribution in [1.29, 1.82) is 0 Å². The number of carbonyl (C=O) groups excluding carboxylic acids is 2. The van der Waals surface area contributed by atoms with Gasteiger partial charge in [0.1, 0.15) is 30.1 Å². The number of aryl methyl sites for hydroxylation is 2. The molecule has 2 aromatic heterocycles. The third kappa shape index (κ3) is 8.04. The van der Waals surface area contributed by atoms with Gasteiger partial charge in [-0.25, -0.2) is 14.5 Å². The number of nitrogens with zero attached hydrogens (tertiary/aromatic N) is 3. The minimum absolute atomic E-state index is 0.0368. The number of fused-ring (bicyclic) bond motifs is 1. The molecule has 0 fully saturated rings. The number of ether oxygens (including phenoxy) is 2. The molecule has 1 atom stereocenters. The minimum atomic E-state index is -0.378. The van der Waals surface area contributed by atoms with Crippen LogP contribution in [0.3, 0.4) is 0 Å². The van der Waals surface area contributed by atoms with Crippen molar-refractivity contribution >= 4 is 40.0 Å². The molecule has 3 amide bonds. The third-order valence-corrected chi connectivity index (χ3v) is 7.22. The molecule has 0 bridgehead atoms. The maximum Gasteiger partial charge on any atom is 0.324 e. The summed E-state index contributed by atoms with van der Waals surface area (Å²) in [4.78, 5) is 29.4. The van der Waals surface area contributed by atoms with E-state index in [1.165, 1.54) is 7.11 Å². The van der Waals surface area contributed by atoms with E-state index in [9.17, 15) is 9.59 Å². The molecule has 232 valence electrons. The van der Waals surface area contributed by atoms with Crippen LogP contribution in [0.1, 0.15) is 36.6 Å². The summed E-state index contributed by atoms with van der Waals surface area (Å²) in [6.07, 6.45) is 3.96. The second kappa shape index (κ2) is 14.5. The first kappa shape index (κ1) is 31.2. The van der Waals surface area contributed by atoms with Crippen LogP contribution in [0.15, 0.2) is 85.1 Å². The van der Waals surface area contributed by atoms with Crippen LogP contribution in [-0.2, 0) is 16.0 Å². The zero-order valence-electron chi connectivity index (χ0n) is 26.0. The first-order valence-corrected chi connectivity index (χ1v) is 15.0. The Hall–Kier alpha value is -5.22. The quantitative estimate of drug-likeness (QED) is 0.140. The Bertz CT molecular complexity index is 1780. The summed E-state index contributed by atoms with van der Waals surface area (Å²) in [6.45, 7) is 6.00. The fourth-order valence-corrected chi connectivity index (χ4v) is 5.17. The monoisotopic (exact) mass is 606 g/mol. The molecule has 1 unspecified atom stereocenters. The summed E-state index contributed by atoms with van der Waals surface area (Å²) in [5.74, 6) is 1.51. The highest BCUT2D eigenvalue weighted by molar-refractivity contribution is 6.07. The molecule has 5 rings (SSSR count). The minimum Gasteiger partial charge on any atom is -0.489 e. The standard InChI is InChI=1S/C35H38N6O4/c1-5-8-27(20-25-17-18-36-32(21-25)38-34(42)22-44-4)45-31-16-15-30(28-9-6-7-10-29(28)31)37-35(43)39-33-19-24(3)40-41(33)26-13-11-23(2)12-14-26/h6-7,9-19,21,27H,5,8,20,22H2,1-4H3,(H,36,38,42)(H2,37,39,43). The average molecular weight is 607 g/mol. The number of aromatic nitrogens is 3. The number of pyridine rings is 1. The van der Waals surface area contributed by atoms with E-state index in [1.807, 2.05) is 92.7 Å². The van der Waals surface area contributed by atoms with Crippen molar-refractivity contribution in [3.05, 3.63) is 102 Å². The van der Waals surface area contributed by atoms with Crippen LogP contribution in [0.4, 0.5) is 22.1 Å². The van der Waals surface area contributed by atoms with Gasteiger partial charge in [0.05, 0.1) is 17.1 Å². The summed E-state index contributed by atoms with van der Waals surface area (Å²) in [6, 6.07) is 24.8. The SMILES string of the molecule is CCCC(Cc1ccnc(NC(=O)COC)c1)Oc1ccc(NC(=O)Nc2cc(C)nn2-c2ccc(C)cc2)c2ccccc12. The fourth-order valence-electron chi connectivity index (χ4n) is 5.17. The van der Waals surface area contributed by atoms with Crippen molar-refractivity contribution in [3.8, 4) is 11.4 Å². The molecular formula is C35H38N6O4. The number of urea groups is 1. The van der Waals surface area contributed by atoms with E-state index >= 15 is 0 Å². The Labute approximate surface area is 262 Å². The van der Waals surface area contributed by atoms with Crippen molar-refractivity contribution in [1.82, 2.24) is 14.8 Å². The lowest BCUT2D eigenvalue weighted by Crippen LogP contribution is -2.22. The Morgan fingerprint density at radius 3 is 2.44 bits per heavy atom. The second-order valence-corrected chi connectivity index (χ2v) is 10.9. The summed E-state index contributed by atoms with van der Waals surface area (Å²) >= 11 is 0. The van der Waals surface area contributed by atoms with Crippen LogP contribution in [0.25, 0.3) is 16.5 Å². The molecule has 10 heteroatoms. The van der Waals surface area contributed by atoms with Gasteiger partial charge in [0.25, 0.3) is 5.91 Å². The first-order valence-electron chi connectivity index (χ1n) is 15.0. The highest BCUT2D eigenvalue weighted by Gasteiger charge is 2.17. The predicted molar refractivity (Wildman–Crippen MR) is 177 cm³/mol. The highest BCUT2D eigenvalue weighted by atomic mass is 16.5. The van der Waals surface area contributed by atoms with E-state index in [0.717, 1.165) is 51.9 Å². The lowest BCUT2D eigenvalue weighted by Gasteiger charge is -2.21. The Morgan fingerprint density at radius 1 is 0.911 bits per heavy atom. The molecule has 0 saturated carbocycles. The van der Waals surface area contributed by atoms with Gasteiger partial charge in [-0.1, -0.05) is 55.3 Å². The number of carbonyl (C=O) groups is 2. The first-order chi connectivity index (χ1) is 21.8. The van der Waals surface area contributed by atoms with Gasteiger partial charge in [0, 0.05) is 36.6 Å². The van der Waals surface area contributed by atoms with Gasteiger partial charge in [0.2, 0.25) is 0 Å². The number of anilines is 3. The lowest BCUT2D eigenvalue weighted by atomic mass is 10.0. The molecule has 0 aliphatic rings. The number of hydrogen-bond acceptors (Lipinski definition) is 6. The van der Waals surface area contributed by atoms with Crippen LogP contribution < -0.4 is 20.7 Å². The Balaban J connectivity index is 1.32. The van der Waals surface area contributed by atoms with Crippen molar-refractivity contribution in [2.45, 2.75) is 46.1 Å².